The summed E-state index contributed by atoms with van der Waals surface area (Å²) < 4.78 is 0. The summed E-state index contributed by atoms with van der Waals surface area (Å²) in [5.74, 6) is -1.18. The van der Waals surface area contributed by atoms with Gasteiger partial charge in [0.05, 0.1) is 0 Å². The van der Waals surface area contributed by atoms with Crippen LogP contribution >= 0.6 is 0 Å². The predicted octanol–water partition coefficient (Wildman–Crippen LogP) is 0.961. The fourth-order valence-electron chi connectivity index (χ4n) is 2.96. The number of carbonyl (C=O) groups excluding carboxylic acids is 2. The summed E-state index contributed by atoms with van der Waals surface area (Å²) in [5, 5.41) is 0. The molecule has 0 unspecified atom stereocenters. The van der Waals surface area contributed by atoms with Gasteiger partial charge < -0.3 is 21.3 Å². The lowest BCUT2D eigenvalue weighted by atomic mass is 9.85. The van der Waals surface area contributed by atoms with E-state index in [2.05, 4.69) is 43.9 Å². The first kappa shape index (κ1) is 17.8. The highest BCUT2D eigenvalue weighted by molar-refractivity contribution is 6.17. The third-order valence-corrected chi connectivity index (χ3v) is 4.28. The van der Waals surface area contributed by atoms with Crippen molar-refractivity contribution in [3.63, 3.8) is 0 Å². The summed E-state index contributed by atoms with van der Waals surface area (Å²) in [7, 11) is 0. The van der Waals surface area contributed by atoms with E-state index in [1.165, 1.54) is 11.3 Å². The second-order valence-corrected chi connectivity index (χ2v) is 6.99. The Labute approximate surface area is 143 Å². The number of benzene rings is 1. The highest BCUT2D eigenvalue weighted by Gasteiger charge is 2.28. The SMILES string of the molecule is CC(C)(C)c1ccccc1N1CCN(C(=O)/C(=C/N)C(N)=O)CC1. The van der Waals surface area contributed by atoms with Gasteiger partial charge >= 0.3 is 0 Å². The zero-order chi connectivity index (χ0) is 17.9. The third-order valence-electron chi connectivity index (χ3n) is 4.28. The second-order valence-electron chi connectivity index (χ2n) is 6.99. The maximum atomic E-state index is 12.3. The molecule has 2 amide bonds. The normalized spacial score (nSPS) is 16.2. The van der Waals surface area contributed by atoms with Crippen molar-refractivity contribution >= 4 is 17.5 Å². The summed E-state index contributed by atoms with van der Waals surface area (Å²) in [6.45, 7) is 9.04. The number of hydrogen-bond acceptors (Lipinski definition) is 4. The lowest BCUT2D eigenvalue weighted by Crippen LogP contribution is -2.50. The van der Waals surface area contributed by atoms with E-state index < -0.39 is 11.8 Å². The topological polar surface area (TPSA) is 92.7 Å². The van der Waals surface area contributed by atoms with Crippen molar-refractivity contribution in [1.82, 2.24) is 4.90 Å². The molecule has 0 saturated carbocycles. The molecule has 1 aromatic rings. The number of nitrogens with two attached hydrogens (primary N) is 2. The van der Waals surface area contributed by atoms with Crippen molar-refractivity contribution in [3.8, 4) is 0 Å². The number of nitrogens with zero attached hydrogens (tertiary/aromatic N) is 2. The summed E-state index contributed by atoms with van der Waals surface area (Å²) >= 11 is 0. The summed E-state index contributed by atoms with van der Waals surface area (Å²) in [5.41, 5.74) is 12.9. The molecule has 1 aliphatic heterocycles. The number of amides is 2. The third kappa shape index (κ3) is 3.69. The van der Waals surface area contributed by atoms with Crippen molar-refractivity contribution in [2.24, 2.45) is 11.5 Å². The van der Waals surface area contributed by atoms with Gasteiger partial charge in [-0.3, -0.25) is 9.59 Å². The molecule has 6 heteroatoms. The van der Waals surface area contributed by atoms with Gasteiger partial charge in [-0.05, 0) is 17.0 Å². The van der Waals surface area contributed by atoms with E-state index in [9.17, 15) is 9.59 Å². The van der Waals surface area contributed by atoms with Gasteiger partial charge in [0.2, 0.25) is 0 Å². The molecule has 1 aromatic carbocycles. The Bertz CT molecular complexity index is 653. The highest BCUT2D eigenvalue weighted by Crippen LogP contribution is 2.32. The minimum absolute atomic E-state index is 0.0466. The summed E-state index contributed by atoms with van der Waals surface area (Å²) in [6, 6.07) is 8.35. The Kier molecular flexibility index (Phi) is 5.17. The summed E-state index contributed by atoms with van der Waals surface area (Å²) in [6.07, 6.45) is 0.992. The highest BCUT2D eigenvalue weighted by atomic mass is 16.2. The molecule has 0 bridgehead atoms. The number of piperazine rings is 1. The molecular formula is C18H26N4O2. The van der Waals surface area contributed by atoms with Crippen LogP contribution in [0.25, 0.3) is 0 Å². The van der Waals surface area contributed by atoms with Crippen LogP contribution in [-0.2, 0) is 15.0 Å². The second kappa shape index (κ2) is 6.95. The van der Waals surface area contributed by atoms with Gasteiger partial charge in [-0.1, -0.05) is 39.0 Å². The minimum atomic E-state index is -0.789. The number of hydrogen-bond donors (Lipinski definition) is 2. The van der Waals surface area contributed by atoms with Gasteiger partial charge in [0.1, 0.15) is 5.57 Å². The number of primary amides is 1. The Hall–Kier alpha value is -2.50. The standard InChI is InChI=1S/C18H26N4O2/c1-18(2,3)14-6-4-5-7-15(14)21-8-10-22(11-9-21)17(24)13(12-19)16(20)23/h4-7,12H,8-11,19H2,1-3H3,(H2,20,23)/b13-12+. The fourth-order valence-corrected chi connectivity index (χ4v) is 2.96. The summed E-state index contributed by atoms with van der Waals surface area (Å²) in [4.78, 5) is 27.5. The molecule has 6 nitrogen and oxygen atoms in total. The van der Waals surface area contributed by atoms with Crippen molar-refractivity contribution in [3.05, 3.63) is 41.6 Å². The average molecular weight is 330 g/mol. The Morgan fingerprint density at radius 1 is 1.08 bits per heavy atom. The molecule has 2 rings (SSSR count). The molecule has 1 saturated heterocycles. The molecule has 24 heavy (non-hydrogen) atoms. The molecule has 130 valence electrons. The molecule has 0 atom stereocenters. The van der Waals surface area contributed by atoms with Crippen LogP contribution < -0.4 is 16.4 Å². The van der Waals surface area contributed by atoms with E-state index in [0.717, 1.165) is 6.20 Å². The molecule has 1 heterocycles. The van der Waals surface area contributed by atoms with Crippen LogP contribution in [0.5, 0.6) is 0 Å². The number of carbonyl (C=O) groups is 2. The van der Waals surface area contributed by atoms with Gasteiger partial charge in [0, 0.05) is 38.1 Å². The van der Waals surface area contributed by atoms with E-state index >= 15 is 0 Å². The Morgan fingerprint density at radius 2 is 1.67 bits per heavy atom. The largest absolute Gasteiger partial charge is 0.404 e. The van der Waals surface area contributed by atoms with Gasteiger partial charge in [-0.25, -0.2) is 0 Å². The van der Waals surface area contributed by atoms with E-state index in [4.69, 9.17) is 11.5 Å². The molecule has 0 aromatic heterocycles. The number of para-hydroxylation sites is 1. The zero-order valence-electron chi connectivity index (χ0n) is 14.6. The minimum Gasteiger partial charge on any atom is -0.404 e. The quantitative estimate of drug-likeness (QED) is 0.490. The van der Waals surface area contributed by atoms with Crippen LogP contribution in [-0.4, -0.2) is 42.9 Å². The van der Waals surface area contributed by atoms with Gasteiger partial charge in [0.25, 0.3) is 11.8 Å². The van der Waals surface area contributed by atoms with Gasteiger partial charge in [-0.15, -0.1) is 0 Å². The maximum absolute atomic E-state index is 12.3. The number of anilines is 1. The van der Waals surface area contributed by atoms with Crippen LogP contribution in [0.3, 0.4) is 0 Å². The molecule has 0 radical (unpaired) electrons. The average Bonchev–Trinajstić information content (AvgIpc) is 2.54. The van der Waals surface area contributed by atoms with Crippen molar-refractivity contribution in [2.45, 2.75) is 26.2 Å². The van der Waals surface area contributed by atoms with E-state index in [1.54, 1.807) is 4.90 Å². The van der Waals surface area contributed by atoms with Gasteiger partial charge in [-0.2, -0.15) is 0 Å². The van der Waals surface area contributed by atoms with E-state index in [0.29, 0.717) is 26.2 Å². The molecular weight excluding hydrogens is 304 g/mol. The van der Waals surface area contributed by atoms with E-state index in [-0.39, 0.29) is 11.0 Å². The van der Waals surface area contributed by atoms with Crippen LogP contribution in [0.4, 0.5) is 5.69 Å². The Balaban J connectivity index is 2.12. The number of rotatable bonds is 3. The van der Waals surface area contributed by atoms with Crippen LogP contribution in [0.15, 0.2) is 36.0 Å². The van der Waals surface area contributed by atoms with E-state index in [1.807, 2.05) is 6.07 Å². The molecule has 1 aliphatic rings. The lowest BCUT2D eigenvalue weighted by Gasteiger charge is -2.38. The lowest BCUT2D eigenvalue weighted by molar-refractivity contribution is -0.129. The smallest absolute Gasteiger partial charge is 0.261 e. The maximum Gasteiger partial charge on any atom is 0.261 e. The van der Waals surface area contributed by atoms with Crippen LogP contribution in [0.1, 0.15) is 26.3 Å². The Morgan fingerprint density at radius 3 is 2.17 bits per heavy atom. The molecule has 1 fully saturated rings. The van der Waals surface area contributed by atoms with Crippen LogP contribution in [0, 0.1) is 0 Å². The molecule has 0 aliphatic carbocycles. The molecule has 0 spiro atoms. The predicted molar refractivity (Wildman–Crippen MR) is 95.4 cm³/mol. The first-order valence-electron chi connectivity index (χ1n) is 8.11. The van der Waals surface area contributed by atoms with Crippen LogP contribution in [0.2, 0.25) is 0 Å². The molecule has 4 N–H and O–H groups in total. The first-order valence-corrected chi connectivity index (χ1v) is 8.11. The fraction of sp³-hybridized carbons (Fsp3) is 0.444. The van der Waals surface area contributed by atoms with Crippen molar-refractivity contribution < 1.29 is 9.59 Å². The van der Waals surface area contributed by atoms with Gasteiger partial charge in [0.15, 0.2) is 0 Å². The van der Waals surface area contributed by atoms with Crippen molar-refractivity contribution in [1.29, 1.82) is 0 Å². The monoisotopic (exact) mass is 330 g/mol. The van der Waals surface area contributed by atoms with Crippen molar-refractivity contribution in [2.75, 3.05) is 31.1 Å². The zero-order valence-corrected chi connectivity index (χ0v) is 14.6. The first-order chi connectivity index (χ1) is 11.3.